The molecule has 26 heavy (non-hydrogen) atoms. The first-order chi connectivity index (χ1) is 12.3. The van der Waals surface area contributed by atoms with Crippen molar-refractivity contribution in [2.24, 2.45) is 0 Å². The first-order valence-corrected chi connectivity index (χ1v) is 11.6. The molecule has 1 aromatic heterocycles. The van der Waals surface area contributed by atoms with Gasteiger partial charge in [0.1, 0.15) is 5.82 Å². The largest absolute Gasteiger partial charge is 0.306 e. The van der Waals surface area contributed by atoms with Gasteiger partial charge in [0, 0.05) is 22.6 Å². The second kappa shape index (κ2) is 6.42. The Morgan fingerprint density at radius 3 is 2.62 bits per heavy atom. The van der Waals surface area contributed by atoms with E-state index in [0.717, 1.165) is 33.9 Å². The summed E-state index contributed by atoms with van der Waals surface area (Å²) in [6.07, 6.45) is 0.544. The molecule has 4 rings (SSSR count). The molecular weight excluding hydrogens is 370 g/mol. The zero-order valence-electron chi connectivity index (χ0n) is 14.8. The highest BCUT2D eigenvalue weighted by molar-refractivity contribution is 7.98. The molecule has 6 nitrogen and oxygen atoms in total. The summed E-state index contributed by atoms with van der Waals surface area (Å²) in [4.78, 5) is 12.8. The maximum atomic E-state index is 12.8. The van der Waals surface area contributed by atoms with Crippen molar-refractivity contribution in [3.8, 4) is 0 Å². The van der Waals surface area contributed by atoms with Gasteiger partial charge in [-0.05, 0) is 32.4 Å². The Kier molecular flexibility index (Phi) is 4.35. The maximum Gasteiger partial charge on any atom is 0.256 e. The number of nitrogens with one attached hydrogen (secondary N) is 1. The van der Waals surface area contributed by atoms with Crippen molar-refractivity contribution in [3.05, 3.63) is 46.1 Å². The van der Waals surface area contributed by atoms with Gasteiger partial charge in [-0.3, -0.25) is 4.79 Å². The molecule has 2 aliphatic heterocycles. The second-order valence-electron chi connectivity index (χ2n) is 7.10. The Morgan fingerprint density at radius 2 is 1.96 bits per heavy atom. The molecule has 1 unspecified atom stereocenters. The first kappa shape index (κ1) is 17.6. The smallest absolute Gasteiger partial charge is 0.256 e. The van der Waals surface area contributed by atoms with E-state index in [4.69, 9.17) is 0 Å². The standard InChI is InChI=1S/C18H21N3O3S2/c1-11-5-12(2)7-13(6-11)18(22)19-17-15-8-25-9-16(15)20-21(17)14-3-4-26(23,24)10-14/h5-7,14H,3-4,8-10H2,1-2H3,(H,19,22). The molecule has 0 spiro atoms. The molecule has 1 N–H and O–H groups in total. The van der Waals surface area contributed by atoms with Crippen LogP contribution in [0.4, 0.5) is 5.82 Å². The molecule has 1 aromatic carbocycles. The number of carbonyl (C=O) groups excluding carboxylic acids is 1. The molecule has 0 radical (unpaired) electrons. The van der Waals surface area contributed by atoms with E-state index in [1.165, 1.54) is 0 Å². The van der Waals surface area contributed by atoms with Gasteiger partial charge in [-0.1, -0.05) is 17.2 Å². The number of benzene rings is 1. The van der Waals surface area contributed by atoms with Crippen molar-refractivity contribution < 1.29 is 13.2 Å². The topological polar surface area (TPSA) is 81.1 Å². The lowest BCUT2D eigenvalue weighted by Crippen LogP contribution is -2.20. The van der Waals surface area contributed by atoms with Crippen LogP contribution in [-0.2, 0) is 21.3 Å². The number of aromatic nitrogens is 2. The van der Waals surface area contributed by atoms with Crippen LogP contribution in [0.25, 0.3) is 0 Å². The SMILES string of the molecule is Cc1cc(C)cc(C(=O)Nc2c3c(nn2C2CCS(=O)(=O)C2)CSC3)c1. The van der Waals surface area contributed by atoms with Gasteiger partial charge in [-0.25, -0.2) is 13.1 Å². The first-order valence-electron chi connectivity index (χ1n) is 8.60. The summed E-state index contributed by atoms with van der Waals surface area (Å²) in [6, 6.07) is 5.54. The number of hydrogen-bond acceptors (Lipinski definition) is 5. The normalized spacial score (nSPS) is 20.9. The highest BCUT2D eigenvalue weighted by atomic mass is 32.2. The van der Waals surface area contributed by atoms with E-state index in [9.17, 15) is 13.2 Å². The van der Waals surface area contributed by atoms with Crippen LogP contribution in [0, 0.1) is 13.8 Å². The van der Waals surface area contributed by atoms with Crippen LogP contribution in [-0.4, -0.2) is 35.6 Å². The molecule has 1 saturated heterocycles. The number of hydrogen-bond donors (Lipinski definition) is 1. The van der Waals surface area contributed by atoms with E-state index in [2.05, 4.69) is 10.4 Å². The van der Waals surface area contributed by atoms with Gasteiger partial charge in [0.2, 0.25) is 0 Å². The third-order valence-electron chi connectivity index (χ3n) is 4.85. The predicted molar refractivity (Wildman–Crippen MR) is 103 cm³/mol. The fraction of sp³-hybridized carbons (Fsp3) is 0.444. The van der Waals surface area contributed by atoms with Gasteiger partial charge in [-0.2, -0.15) is 16.9 Å². The number of thioether (sulfide) groups is 1. The van der Waals surface area contributed by atoms with E-state index in [0.29, 0.717) is 17.8 Å². The van der Waals surface area contributed by atoms with Gasteiger partial charge in [0.25, 0.3) is 5.91 Å². The zero-order chi connectivity index (χ0) is 18.5. The van der Waals surface area contributed by atoms with E-state index < -0.39 is 9.84 Å². The van der Waals surface area contributed by atoms with E-state index >= 15 is 0 Å². The monoisotopic (exact) mass is 391 g/mol. The Hall–Kier alpha value is -1.80. The van der Waals surface area contributed by atoms with Gasteiger partial charge < -0.3 is 5.32 Å². The maximum absolute atomic E-state index is 12.8. The number of aryl methyl sites for hydroxylation is 2. The molecule has 138 valence electrons. The predicted octanol–water partition coefficient (Wildman–Crippen LogP) is 2.86. The van der Waals surface area contributed by atoms with Crippen molar-refractivity contribution in [1.29, 1.82) is 0 Å². The molecule has 1 atom stereocenters. The van der Waals surface area contributed by atoms with E-state index in [1.54, 1.807) is 16.4 Å². The highest BCUT2D eigenvalue weighted by Crippen LogP contribution is 2.38. The molecule has 0 aliphatic carbocycles. The molecule has 1 amide bonds. The summed E-state index contributed by atoms with van der Waals surface area (Å²) in [5.41, 5.74) is 4.65. The summed E-state index contributed by atoms with van der Waals surface area (Å²) < 4.78 is 25.5. The van der Waals surface area contributed by atoms with Crippen LogP contribution < -0.4 is 5.32 Å². The highest BCUT2D eigenvalue weighted by Gasteiger charge is 2.34. The molecule has 1 fully saturated rings. The average molecular weight is 392 g/mol. The van der Waals surface area contributed by atoms with Gasteiger partial charge in [0.05, 0.1) is 23.2 Å². The number of nitrogens with zero attached hydrogens (tertiary/aromatic N) is 2. The molecule has 2 aliphatic rings. The van der Waals surface area contributed by atoms with Crippen molar-refractivity contribution in [1.82, 2.24) is 9.78 Å². The minimum Gasteiger partial charge on any atom is -0.306 e. The molecule has 0 bridgehead atoms. The number of sulfone groups is 1. The third-order valence-corrected chi connectivity index (χ3v) is 7.57. The number of carbonyl (C=O) groups is 1. The molecule has 0 saturated carbocycles. The van der Waals surface area contributed by atoms with E-state index in [1.807, 2.05) is 32.0 Å². The summed E-state index contributed by atoms with van der Waals surface area (Å²) in [5.74, 6) is 2.34. The number of amides is 1. The van der Waals surface area contributed by atoms with E-state index in [-0.39, 0.29) is 23.5 Å². The summed E-state index contributed by atoms with van der Waals surface area (Å²) in [7, 11) is -3.02. The van der Waals surface area contributed by atoms with Crippen LogP contribution in [0.3, 0.4) is 0 Å². The van der Waals surface area contributed by atoms with Crippen molar-refractivity contribution >= 4 is 33.3 Å². The minimum absolute atomic E-state index is 0.0904. The van der Waals surface area contributed by atoms with Crippen LogP contribution in [0.15, 0.2) is 18.2 Å². The molecule has 3 heterocycles. The number of rotatable bonds is 3. The van der Waals surface area contributed by atoms with Crippen molar-refractivity contribution in [3.63, 3.8) is 0 Å². The number of fused-ring (bicyclic) bond motifs is 1. The zero-order valence-corrected chi connectivity index (χ0v) is 16.4. The Morgan fingerprint density at radius 1 is 1.23 bits per heavy atom. The Balaban J connectivity index is 1.68. The lowest BCUT2D eigenvalue weighted by molar-refractivity contribution is 0.102. The fourth-order valence-corrected chi connectivity index (χ4v) is 6.41. The number of anilines is 1. The average Bonchev–Trinajstić information content (AvgIpc) is 3.22. The van der Waals surface area contributed by atoms with Crippen LogP contribution >= 0.6 is 11.8 Å². The third kappa shape index (κ3) is 3.27. The second-order valence-corrected chi connectivity index (χ2v) is 10.3. The fourth-order valence-electron chi connectivity index (χ4n) is 3.68. The molecule has 2 aromatic rings. The Labute approximate surface area is 157 Å². The lowest BCUT2D eigenvalue weighted by Gasteiger charge is -2.15. The Bertz CT molecular complexity index is 975. The molecule has 8 heteroatoms. The summed E-state index contributed by atoms with van der Waals surface area (Å²) in [5, 5.41) is 7.66. The van der Waals surface area contributed by atoms with Crippen LogP contribution in [0.1, 0.15) is 45.2 Å². The van der Waals surface area contributed by atoms with Gasteiger partial charge >= 0.3 is 0 Å². The van der Waals surface area contributed by atoms with Crippen molar-refractivity contribution in [2.45, 2.75) is 37.8 Å². The summed E-state index contributed by atoms with van der Waals surface area (Å²) in [6.45, 7) is 3.93. The van der Waals surface area contributed by atoms with Crippen LogP contribution in [0.5, 0.6) is 0 Å². The van der Waals surface area contributed by atoms with Crippen LogP contribution in [0.2, 0.25) is 0 Å². The summed E-state index contributed by atoms with van der Waals surface area (Å²) >= 11 is 1.76. The lowest BCUT2D eigenvalue weighted by atomic mass is 10.1. The van der Waals surface area contributed by atoms with Crippen molar-refractivity contribution in [2.75, 3.05) is 16.8 Å². The van der Waals surface area contributed by atoms with Gasteiger partial charge in [-0.15, -0.1) is 0 Å². The quantitative estimate of drug-likeness (QED) is 0.870. The van der Waals surface area contributed by atoms with Gasteiger partial charge in [0.15, 0.2) is 9.84 Å². The minimum atomic E-state index is -3.02. The molecular formula is C18H21N3O3S2.